The van der Waals surface area contributed by atoms with Crippen LogP contribution < -0.4 is 19.5 Å². The van der Waals surface area contributed by atoms with Gasteiger partial charge in [-0.05, 0) is 55.2 Å². The van der Waals surface area contributed by atoms with Crippen molar-refractivity contribution in [2.45, 2.75) is 30.3 Å². The highest BCUT2D eigenvalue weighted by molar-refractivity contribution is 7.98. The number of carbonyl (C=O) groups is 1. The summed E-state index contributed by atoms with van der Waals surface area (Å²) in [6, 6.07) is 5.85. The highest BCUT2D eigenvalue weighted by atomic mass is 32.2. The fraction of sp³-hybridized carbons (Fsp3) is 0.381. The number of nitrogens with one attached hydrogen (secondary N) is 2. The molecule has 0 saturated heterocycles. The molecule has 0 aliphatic carbocycles. The minimum absolute atomic E-state index is 0.0580. The molecule has 2 unspecified atom stereocenters. The van der Waals surface area contributed by atoms with Gasteiger partial charge in [-0.15, -0.1) is 0 Å². The summed E-state index contributed by atoms with van der Waals surface area (Å²) in [5.41, 5.74) is 0.357. The lowest BCUT2D eigenvalue weighted by Crippen LogP contribution is -2.47. The Hall–Kier alpha value is -2.37. The van der Waals surface area contributed by atoms with E-state index in [4.69, 9.17) is 9.47 Å². The van der Waals surface area contributed by atoms with Crippen LogP contribution in [0.3, 0.4) is 0 Å². The van der Waals surface area contributed by atoms with Crippen LogP contribution >= 0.6 is 11.8 Å². The molecule has 2 N–H and O–H groups in total. The molecule has 11 heteroatoms. The highest BCUT2D eigenvalue weighted by Crippen LogP contribution is 2.32. The molecule has 3 rings (SSSR count). The number of rotatable bonds is 9. The third-order valence-electron chi connectivity index (χ3n) is 4.85. The topological polar surface area (TPSA) is 93.7 Å². The van der Waals surface area contributed by atoms with Gasteiger partial charge >= 0.3 is 0 Å². The van der Waals surface area contributed by atoms with Crippen molar-refractivity contribution in [2.24, 2.45) is 0 Å². The number of hydrogen-bond donors (Lipinski definition) is 2. The number of ether oxygens (including phenoxy) is 2. The van der Waals surface area contributed by atoms with Gasteiger partial charge in [0, 0.05) is 6.07 Å². The molecule has 0 radical (unpaired) electrons. The molecule has 0 aromatic heterocycles. The third kappa shape index (κ3) is 5.90. The lowest BCUT2D eigenvalue weighted by Gasteiger charge is -2.22. The van der Waals surface area contributed by atoms with E-state index in [0.29, 0.717) is 36.0 Å². The zero-order valence-electron chi connectivity index (χ0n) is 17.6. The van der Waals surface area contributed by atoms with Gasteiger partial charge in [0.05, 0.1) is 10.9 Å². The Morgan fingerprint density at radius 3 is 2.50 bits per heavy atom. The number of fused-ring (bicyclic) bond motifs is 1. The summed E-state index contributed by atoms with van der Waals surface area (Å²) in [6.45, 7) is 2.29. The van der Waals surface area contributed by atoms with Crippen molar-refractivity contribution in [3.63, 3.8) is 0 Å². The molecule has 1 aliphatic heterocycles. The standard InChI is InChI=1S/C21H24F2N2O5S2/c1-13(14-3-5-16(22)17(23)11-14)24-21(26)18(7-10-31-2)25-32(27,28)15-4-6-19-20(12-15)30-9-8-29-19/h3-6,11-13,18,25H,7-10H2,1-2H3,(H,24,26). The van der Waals surface area contributed by atoms with E-state index >= 15 is 0 Å². The van der Waals surface area contributed by atoms with E-state index in [0.717, 1.165) is 12.1 Å². The summed E-state index contributed by atoms with van der Waals surface area (Å²) in [6.07, 6.45) is 2.08. The molecule has 32 heavy (non-hydrogen) atoms. The molecule has 2 aromatic rings. The minimum Gasteiger partial charge on any atom is -0.486 e. The lowest BCUT2D eigenvalue weighted by atomic mass is 10.1. The van der Waals surface area contributed by atoms with Crippen LogP contribution in [-0.2, 0) is 14.8 Å². The van der Waals surface area contributed by atoms with Crippen LogP contribution in [0.2, 0.25) is 0 Å². The van der Waals surface area contributed by atoms with Crippen molar-refractivity contribution >= 4 is 27.7 Å². The molecule has 2 aromatic carbocycles. The maximum Gasteiger partial charge on any atom is 0.241 e. The van der Waals surface area contributed by atoms with Gasteiger partial charge < -0.3 is 14.8 Å². The molecular formula is C21H24F2N2O5S2. The first kappa shape index (κ1) is 24.3. The molecule has 1 amide bonds. The van der Waals surface area contributed by atoms with Crippen LogP contribution in [0.5, 0.6) is 11.5 Å². The summed E-state index contributed by atoms with van der Waals surface area (Å²) in [5.74, 6) is -1.29. The van der Waals surface area contributed by atoms with E-state index in [1.807, 2.05) is 6.26 Å². The van der Waals surface area contributed by atoms with Crippen LogP contribution in [0.25, 0.3) is 0 Å². The summed E-state index contributed by atoms with van der Waals surface area (Å²) in [7, 11) is -4.05. The molecule has 174 valence electrons. The first-order chi connectivity index (χ1) is 15.2. The maximum atomic E-state index is 13.5. The largest absolute Gasteiger partial charge is 0.486 e. The number of thioether (sulfide) groups is 1. The van der Waals surface area contributed by atoms with Crippen LogP contribution in [0, 0.1) is 11.6 Å². The predicted molar refractivity (Wildman–Crippen MR) is 117 cm³/mol. The Bertz CT molecular complexity index is 1080. The maximum absolute atomic E-state index is 13.5. The summed E-state index contributed by atoms with van der Waals surface area (Å²) < 4.78 is 65.9. The second kappa shape index (κ2) is 10.5. The Labute approximate surface area is 189 Å². The van der Waals surface area contributed by atoms with Crippen LogP contribution in [0.4, 0.5) is 8.78 Å². The monoisotopic (exact) mass is 486 g/mol. The SMILES string of the molecule is CSCCC(NS(=O)(=O)c1ccc2c(c1)OCCO2)C(=O)NC(C)c1ccc(F)c(F)c1. The Balaban J connectivity index is 1.76. The van der Waals surface area contributed by atoms with Gasteiger partial charge in [-0.25, -0.2) is 17.2 Å². The van der Waals surface area contributed by atoms with Crippen LogP contribution in [-0.4, -0.2) is 45.6 Å². The smallest absolute Gasteiger partial charge is 0.241 e. The molecule has 7 nitrogen and oxygen atoms in total. The Morgan fingerprint density at radius 2 is 1.81 bits per heavy atom. The Kier molecular flexibility index (Phi) is 7.96. The van der Waals surface area contributed by atoms with E-state index in [1.54, 1.807) is 6.92 Å². The number of halogens is 2. The van der Waals surface area contributed by atoms with Crippen LogP contribution in [0.15, 0.2) is 41.3 Å². The lowest BCUT2D eigenvalue weighted by molar-refractivity contribution is -0.123. The Morgan fingerprint density at radius 1 is 1.09 bits per heavy atom. The number of carbonyl (C=O) groups excluding carboxylic acids is 1. The molecule has 2 atom stereocenters. The average molecular weight is 487 g/mol. The molecule has 1 aliphatic rings. The molecule has 1 heterocycles. The number of sulfonamides is 1. The van der Waals surface area contributed by atoms with Crippen LogP contribution in [0.1, 0.15) is 24.9 Å². The van der Waals surface area contributed by atoms with Crippen molar-refractivity contribution in [3.05, 3.63) is 53.6 Å². The molecule has 0 saturated carbocycles. The third-order valence-corrected chi connectivity index (χ3v) is 6.96. The summed E-state index contributed by atoms with van der Waals surface area (Å²) >= 11 is 1.46. The molecule has 0 spiro atoms. The van der Waals surface area contributed by atoms with Gasteiger partial charge in [0.1, 0.15) is 19.3 Å². The van der Waals surface area contributed by atoms with Crippen molar-refractivity contribution in [1.29, 1.82) is 0 Å². The number of hydrogen-bond acceptors (Lipinski definition) is 6. The van der Waals surface area contributed by atoms with E-state index < -0.39 is 39.6 Å². The highest BCUT2D eigenvalue weighted by Gasteiger charge is 2.28. The normalized spacial score (nSPS) is 15.1. The van der Waals surface area contributed by atoms with E-state index in [-0.39, 0.29) is 11.3 Å². The zero-order valence-corrected chi connectivity index (χ0v) is 19.2. The summed E-state index contributed by atoms with van der Waals surface area (Å²) in [4.78, 5) is 12.8. The number of amides is 1. The van der Waals surface area contributed by atoms with Gasteiger partial charge in [-0.1, -0.05) is 6.07 Å². The zero-order chi connectivity index (χ0) is 23.3. The van der Waals surface area contributed by atoms with Crippen molar-refractivity contribution in [1.82, 2.24) is 10.0 Å². The predicted octanol–water partition coefficient (Wildman–Crippen LogP) is 3.01. The van der Waals surface area contributed by atoms with Crippen molar-refractivity contribution in [3.8, 4) is 11.5 Å². The van der Waals surface area contributed by atoms with E-state index in [1.165, 1.54) is 36.0 Å². The van der Waals surface area contributed by atoms with E-state index in [9.17, 15) is 22.0 Å². The number of benzene rings is 2. The van der Waals surface area contributed by atoms with Gasteiger partial charge in [0.2, 0.25) is 15.9 Å². The average Bonchev–Trinajstić information content (AvgIpc) is 2.77. The fourth-order valence-corrected chi connectivity index (χ4v) is 4.82. The van der Waals surface area contributed by atoms with Gasteiger partial charge in [0.15, 0.2) is 23.1 Å². The second-order valence-electron chi connectivity index (χ2n) is 7.16. The fourth-order valence-electron chi connectivity index (χ4n) is 3.10. The minimum atomic E-state index is -4.05. The molecular weight excluding hydrogens is 462 g/mol. The van der Waals surface area contributed by atoms with Crippen molar-refractivity contribution < 1.29 is 31.5 Å². The molecule has 0 bridgehead atoms. The quantitative estimate of drug-likeness (QED) is 0.566. The van der Waals surface area contributed by atoms with E-state index in [2.05, 4.69) is 10.0 Å². The van der Waals surface area contributed by atoms with Gasteiger partial charge in [-0.3, -0.25) is 4.79 Å². The second-order valence-corrected chi connectivity index (χ2v) is 9.86. The first-order valence-electron chi connectivity index (χ1n) is 9.87. The van der Waals surface area contributed by atoms with Gasteiger partial charge in [0.25, 0.3) is 0 Å². The molecule has 0 fully saturated rings. The first-order valence-corrected chi connectivity index (χ1v) is 12.7. The van der Waals surface area contributed by atoms with Gasteiger partial charge in [-0.2, -0.15) is 16.5 Å². The van der Waals surface area contributed by atoms with Crippen molar-refractivity contribution in [2.75, 3.05) is 25.2 Å². The summed E-state index contributed by atoms with van der Waals surface area (Å²) in [5, 5.41) is 2.67.